The van der Waals surface area contributed by atoms with E-state index in [1.54, 1.807) is 24.3 Å². The van der Waals surface area contributed by atoms with Crippen LogP contribution in [0.15, 0.2) is 24.3 Å². The van der Waals surface area contributed by atoms with Gasteiger partial charge < -0.3 is 5.11 Å². The Kier molecular flexibility index (Phi) is 4.88. The van der Waals surface area contributed by atoms with E-state index in [0.717, 1.165) is 4.31 Å². The Balaban J connectivity index is 2.80. The summed E-state index contributed by atoms with van der Waals surface area (Å²) in [4.78, 5) is 10.5. The molecule has 5 nitrogen and oxygen atoms in total. The van der Waals surface area contributed by atoms with Crippen molar-refractivity contribution in [2.75, 3.05) is 6.54 Å². The lowest BCUT2D eigenvalue weighted by Crippen LogP contribution is -2.30. The number of hydrogen-bond donors (Lipinski definition) is 2. The third kappa shape index (κ3) is 3.90. The van der Waals surface area contributed by atoms with Gasteiger partial charge in [-0.15, -0.1) is 0 Å². The lowest BCUT2D eigenvalue weighted by molar-refractivity contribution is -0.137. The summed E-state index contributed by atoms with van der Waals surface area (Å²) in [5, 5.41) is 8.99. The fraction of sp³-hybridized carbons (Fsp3) is 0.222. The number of nitrogens with zero attached hydrogens (tertiary/aromatic N) is 1. The summed E-state index contributed by atoms with van der Waals surface area (Å²) in [6.07, 6.45) is 0. The minimum absolute atomic E-state index is 0.00901. The van der Waals surface area contributed by atoms with Crippen molar-refractivity contribution in [2.24, 2.45) is 0 Å². The van der Waals surface area contributed by atoms with E-state index in [9.17, 15) is 9.00 Å². The molecule has 7 heteroatoms. The van der Waals surface area contributed by atoms with Crippen molar-refractivity contribution in [2.45, 2.75) is 6.54 Å². The smallest absolute Gasteiger partial charge is 0.318 e. The van der Waals surface area contributed by atoms with Crippen LogP contribution in [-0.2, 0) is 22.6 Å². The van der Waals surface area contributed by atoms with Crippen LogP contribution in [-0.4, -0.2) is 30.7 Å². The highest BCUT2D eigenvalue weighted by atomic mass is 35.5. The van der Waals surface area contributed by atoms with E-state index in [4.69, 9.17) is 21.3 Å². The second kappa shape index (κ2) is 5.95. The topological polar surface area (TPSA) is 77.8 Å². The number of benzene rings is 1. The monoisotopic (exact) mass is 263 g/mol. The first-order valence-corrected chi connectivity index (χ1v) is 5.76. The van der Waals surface area contributed by atoms with Crippen molar-refractivity contribution in [3.05, 3.63) is 34.9 Å². The van der Waals surface area contributed by atoms with Crippen LogP contribution in [0, 0.1) is 0 Å². The molecule has 1 aromatic rings. The zero-order valence-electron chi connectivity index (χ0n) is 8.17. The van der Waals surface area contributed by atoms with Crippen molar-refractivity contribution in [3.8, 4) is 0 Å². The first kappa shape index (κ1) is 13.1. The maximum atomic E-state index is 10.9. The van der Waals surface area contributed by atoms with Crippen molar-refractivity contribution >= 4 is 28.8 Å². The van der Waals surface area contributed by atoms with Gasteiger partial charge in [0.2, 0.25) is 11.3 Å². The Morgan fingerprint density at radius 2 is 2.06 bits per heavy atom. The molecule has 1 unspecified atom stereocenters. The summed E-state index contributed by atoms with van der Waals surface area (Å²) in [5.74, 6) is -1.17. The van der Waals surface area contributed by atoms with E-state index in [2.05, 4.69) is 0 Å². The van der Waals surface area contributed by atoms with Crippen LogP contribution in [0.3, 0.4) is 0 Å². The van der Waals surface area contributed by atoms with Gasteiger partial charge in [-0.3, -0.25) is 9.35 Å². The Hall–Kier alpha value is -0.950. The summed E-state index contributed by atoms with van der Waals surface area (Å²) in [5.41, 5.74) is 0.604. The molecule has 0 radical (unpaired) electrons. The molecule has 2 N–H and O–H groups in total. The zero-order valence-corrected chi connectivity index (χ0v) is 9.74. The molecule has 16 heavy (non-hydrogen) atoms. The molecule has 0 amide bonds. The number of carbonyl (C=O) groups is 1. The average molecular weight is 264 g/mol. The van der Waals surface area contributed by atoms with Crippen LogP contribution in [0.2, 0.25) is 5.02 Å². The molecule has 0 saturated carbocycles. The standard InChI is InChI=1S/C9H10ClNO4S/c10-8-4-2-1-3-7(8)5-11(16(14)15)6-9(12)13/h1-4H,5-6H2,(H,12,13)(H,14,15). The van der Waals surface area contributed by atoms with E-state index in [1.807, 2.05) is 0 Å². The number of aliphatic carboxylic acids is 1. The van der Waals surface area contributed by atoms with Gasteiger partial charge >= 0.3 is 5.97 Å². The Morgan fingerprint density at radius 1 is 1.44 bits per heavy atom. The summed E-state index contributed by atoms with van der Waals surface area (Å²) in [6, 6.07) is 6.75. The number of carboxylic acid groups (broad SMARTS) is 1. The third-order valence-corrected chi connectivity index (χ3v) is 2.91. The molecule has 0 spiro atoms. The Bertz CT molecular complexity index is 412. The summed E-state index contributed by atoms with van der Waals surface area (Å²) in [7, 11) is 0. The van der Waals surface area contributed by atoms with Gasteiger partial charge in [0.05, 0.1) is 0 Å². The summed E-state index contributed by atoms with van der Waals surface area (Å²) >= 11 is 3.52. The molecule has 0 aromatic heterocycles. The van der Waals surface area contributed by atoms with Crippen molar-refractivity contribution in [1.29, 1.82) is 0 Å². The minimum Gasteiger partial charge on any atom is -0.480 e. The highest BCUT2D eigenvalue weighted by Crippen LogP contribution is 2.17. The van der Waals surface area contributed by atoms with Gasteiger partial charge in [-0.2, -0.15) is 4.31 Å². The van der Waals surface area contributed by atoms with Gasteiger partial charge in [0.1, 0.15) is 6.54 Å². The predicted octanol–water partition coefficient (Wildman–Crippen LogP) is 1.36. The predicted molar refractivity (Wildman–Crippen MR) is 60.3 cm³/mol. The molecule has 0 heterocycles. The zero-order chi connectivity index (χ0) is 12.1. The summed E-state index contributed by atoms with van der Waals surface area (Å²) in [6.45, 7) is -0.510. The molecule has 0 aliphatic carbocycles. The van der Waals surface area contributed by atoms with E-state index in [0.29, 0.717) is 10.6 Å². The van der Waals surface area contributed by atoms with Crippen molar-refractivity contribution < 1.29 is 18.7 Å². The van der Waals surface area contributed by atoms with Crippen LogP contribution < -0.4 is 0 Å². The molecular formula is C9H10ClNO4S. The summed E-state index contributed by atoms with van der Waals surface area (Å²) < 4.78 is 20.7. The largest absolute Gasteiger partial charge is 0.480 e. The SMILES string of the molecule is O=C(O)CN(Cc1ccccc1Cl)S(=O)O. The second-order valence-electron chi connectivity index (χ2n) is 3.01. The Morgan fingerprint density at radius 3 is 2.56 bits per heavy atom. The molecule has 1 rings (SSSR count). The van der Waals surface area contributed by atoms with Gasteiger partial charge in [-0.1, -0.05) is 29.8 Å². The van der Waals surface area contributed by atoms with Crippen LogP contribution in [0.4, 0.5) is 0 Å². The van der Waals surface area contributed by atoms with Crippen LogP contribution in [0.25, 0.3) is 0 Å². The fourth-order valence-electron chi connectivity index (χ4n) is 1.13. The third-order valence-electron chi connectivity index (χ3n) is 1.84. The molecule has 0 bridgehead atoms. The second-order valence-corrected chi connectivity index (χ2v) is 4.40. The molecular weight excluding hydrogens is 254 g/mol. The number of hydrogen-bond acceptors (Lipinski definition) is 2. The van der Waals surface area contributed by atoms with E-state index in [-0.39, 0.29) is 6.54 Å². The number of halogens is 1. The van der Waals surface area contributed by atoms with Gasteiger partial charge in [0.25, 0.3) is 0 Å². The lowest BCUT2D eigenvalue weighted by atomic mass is 10.2. The molecule has 0 aliphatic rings. The van der Waals surface area contributed by atoms with E-state index >= 15 is 0 Å². The number of carboxylic acids is 1. The quantitative estimate of drug-likeness (QED) is 0.787. The van der Waals surface area contributed by atoms with Gasteiger partial charge in [0, 0.05) is 11.6 Å². The highest BCUT2D eigenvalue weighted by Gasteiger charge is 2.16. The maximum absolute atomic E-state index is 10.9. The highest BCUT2D eigenvalue weighted by molar-refractivity contribution is 7.76. The minimum atomic E-state index is -2.34. The van der Waals surface area contributed by atoms with Gasteiger partial charge in [-0.25, -0.2) is 4.21 Å². The lowest BCUT2D eigenvalue weighted by Gasteiger charge is -2.15. The molecule has 88 valence electrons. The fourth-order valence-corrected chi connectivity index (χ4v) is 1.80. The van der Waals surface area contributed by atoms with Crippen LogP contribution >= 0.6 is 11.6 Å². The first-order valence-electron chi connectivity index (χ1n) is 4.32. The molecule has 1 aromatic carbocycles. The van der Waals surface area contributed by atoms with E-state index < -0.39 is 23.8 Å². The van der Waals surface area contributed by atoms with Gasteiger partial charge in [0.15, 0.2) is 0 Å². The van der Waals surface area contributed by atoms with Crippen LogP contribution in [0.1, 0.15) is 5.56 Å². The maximum Gasteiger partial charge on any atom is 0.318 e. The number of rotatable bonds is 5. The van der Waals surface area contributed by atoms with Crippen LogP contribution in [0.5, 0.6) is 0 Å². The first-order chi connectivity index (χ1) is 7.50. The normalized spacial score (nSPS) is 12.7. The Labute approximate surface area is 100 Å². The molecule has 0 aliphatic heterocycles. The molecule has 1 atom stereocenters. The van der Waals surface area contributed by atoms with Crippen molar-refractivity contribution in [1.82, 2.24) is 4.31 Å². The average Bonchev–Trinajstić information content (AvgIpc) is 2.19. The van der Waals surface area contributed by atoms with Gasteiger partial charge in [-0.05, 0) is 11.6 Å². The van der Waals surface area contributed by atoms with E-state index in [1.165, 1.54) is 0 Å². The molecule has 0 saturated heterocycles. The molecule has 0 fully saturated rings. The van der Waals surface area contributed by atoms with Crippen molar-refractivity contribution in [3.63, 3.8) is 0 Å².